The van der Waals surface area contributed by atoms with E-state index in [-0.39, 0.29) is 17.3 Å². The van der Waals surface area contributed by atoms with Crippen molar-refractivity contribution in [3.8, 4) is 0 Å². The second-order valence-corrected chi connectivity index (χ2v) is 8.37. The van der Waals surface area contributed by atoms with E-state index in [1.807, 2.05) is 12.1 Å². The van der Waals surface area contributed by atoms with Crippen molar-refractivity contribution < 1.29 is 14.3 Å². The Morgan fingerprint density at radius 1 is 1.16 bits per heavy atom. The molecule has 138 valence electrons. The molecule has 1 N–H and O–H groups in total. The molecule has 1 atom stereocenters. The maximum atomic E-state index is 14.6. The van der Waals surface area contributed by atoms with E-state index in [4.69, 9.17) is 0 Å². The van der Waals surface area contributed by atoms with E-state index < -0.39 is 5.97 Å². The molecule has 2 aliphatic heterocycles. The maximum absolute atomic E-state index is 14.6. The topological polar surface area (TPSA) is 43.8 Å². The fourth-order valence-electron chi connectivity index (χ4n) is 4.16. The number of nitrogens with zero attached hydrogens (tertiary/aromatic N) is 2. The number of benzene rings is 1. The summed E-state index contributed by atoms with van der Waals surface area (Å²) in [6, 6.07) is 5.54. The van der Waals surface area contributed by atoms with Crippen molar-refractivity contribution in [2.24, 2.45) is 0 Å². The lowest BCUT2D eigenvalue weighted by Crippen LogP contribution is -2.49. The average Bonchev–Trinajstić information content (AvgIpc) is 3.04. The summed E-state index contributed by atoms with van der Waals surface area (Å²) in [6.07, 6.45) is 3.49. The second-order valence-electron chi connectivity index (χ2n) is 8.37. The van der Waals surface area contributed by atoms with Gasteiger partial charge in [-0.1, -0.05) is 26.8 Å². The van der Waals surface area contributed by atoms with Crippen LogP contribution in [-0.4, -0.2) is 47.7 Å². The number of rotatable bonds is 3. The molecular formula is C20H29FN2O2. The van der Waals surface area contributed by atoms with Gasteiger partial charge in [0.25, 0.3) is 0 Å². The molecule has 3 rings (SSSR count). The van der Waals surface area contributed by atoms with Crippen molar-refractivity contribution in [1.29, 1.82) is 0 Å². The molecule has 2 fully saturated rings. The third kappa shape index (κ3) is 3.81. The first-order chi connectivity index (χ1) is 11.8. The van der Waals surface area contributed by atoms with Gasteiger partial charge in [-0.05, 0) is 55.3 Å². The van der Waals surface area contributed by atoms with Crippen molar-refractivity contribution in [2.75, 3.05) is 24.5 Å². The Kier molecular flexibility index (Phi) is 5.05. The van der Waals surface area contributed by atoms with Gasteiger partial charge in [0.1, 0.15) is 11.9 Å². The Morgan fingerprint density at radius 2 is 1.84 bits per heavy atom. The van der Waals surface area contributed by atoms with Crippen molar-refractivity contribution >= 4 is 11.7 Å². The van der Waals surface area contributed by atoms with Crippen LogP contribution in [0, 0.1) is 5.82 Å². The van der Waals surface area contributed by atoms with Crippen molar-refractivity contribution in [3.63, 3.8) is 0 Å². The first-order valence-electron chi connectivity index (χ1n) is 9.31. The number of carbonyl (C=O) groups is 1. The minimum atomic E-state index is -0.705. The first-order valence-corrected chi connectivity index (χ1v) is 9.31. The van der Waals surface area contributed by atoms with Crippen LogP contribution < -0.4 is 4.90 Å². The fourth-order valence-corrected chi connectivity index (χ4v) is 4.16. The van der Waals surface area contributed by atoms with Crippen LogP contribution in [-0.2, 0) is 10.2 Å². The van der Waals surface area contributed by atoms with Crippen molar-refractivity contribution in [2.45, 2.75) is 64.0 Å². The van der Waals surface area contributed by atoms with Crippen LogP contribution in [0.1, 0.15) is 52.0 Å². The molecule has 1 aromatic rings. The maximum Gasteiger partial charge on any atom is 0.320 e. The summed E-state index contributed by atoms with van der Waals surface area (Å²) in [5.41, 5.74) is 1.61. The second kappa shape index (κ2) is 6.94. The largest absolute Gasteiger partial charge is 0.480 e. The number of aliphatic carboxylic acids is 1. The van der Waals surface area contributed by atoms with Gasteiger partial charge in [0.05, 0.1) is 5.69 Å². The number of hydrogen-bond donors (Lipinski definition) is 1. The molecule has 0 amide bonds. The third-order valence-electron chi connectivity index (χ3n) is 5.67. The molecule has 5 heteroatoms. The first kappa shape index (κ1) is 18.2. The highest BCUT2D eigenvalue weighted by atomic mass is 19.1. The van der Waals surface area contributed by atoms with E-state index in [2.05, 4.69) is 30.6 Å². The van der Waals surface area contributed by atoms with Gasteiger partial charge in [-0.3, -0.25) is 9.69 Å². The van der Waals surface area contributed by atoms with Crippen LogP contribution in [0.25, 0.3) is 0 Å². The number of carboxylic acid groups (broad SMARTS) is 1. The van der Waals surface area contributed by atoms with E-state index in [0.717, 1.165) is 50.9 Å². The summed E-state index contributed by atoms with van der Waals surface area (Å²) in [7, 11) is 0. The van der Waals surface area contributed by atoms with E-state index in [1.165, 1.54) is 0 Å². The zero-order chi connectivity index (χ0) is 18.2. The summed E-state index contributed by atoms with van der Waals surface area (Å²) in [4.78, 5) is 15.6. The SMILES string of the molecule is CC(C)(C)c1ccc(N2CCC(N3CCC[C@H]3C(=O)O)CC2)c(F)c1. The van der Waals surface area contributed by atoms with Crippen LogP contribution in [0.3, 0.4) is 0 Å². The number of carboxylic acids is 1. The van der Waals surface area contributed by atoms with E-state index >= 15 is 0 Å². The number of piperidine rings is 1. The van der Waals surface area contributed by atoms with Gasteiger partial charge >= 0.3 is 5.97 Å². The minimum Gasteiger partial charge on any atom is -0.480 e. The molecule has 4 nitrogen and oxygen atoms in total. The van der Waals surface area contributed by atoms with Crippen LogP contribution in [0.15, 0.2) is 18.2 Å². The Morgan fingerprint density at radius 3 is 2.40 bits per heavy atom. The molecule has 2 saturated heterocycles. The van der Waals surface area contributed by atoms with E-state index in [9.17, 15) is 14.3 Å². The molecule has 25 heavy (non-hydrogen) atoms. The number of halogens is 1. The lowest BCUT2D eigenvalue weighted by molar-refractivity contribution is -0.143. The Labute approximate surface area is 149 Å². The third-order valence-corrected chi connectivity index (χ3v) is 5.67. The normalized spacial score (nSPS) is 23.2. The highest BCUT2D eigenvalue weighted by Crippen LogP contribution is 2.31. The molecule has 0 aromatic heterocycles. The predicted molar refractivity (Wildman–Crippen MR) is 97.7 cm³/mol. The molecular weight excluding hydrogens is 319 g/mol. The number of anilines is 1. The van der Waals surface area contributed by atoms with Gasteiger partial charge in [-0.15, -0.1) is 0 Å². The standard InChI is InChI=1S/C20H29FN2O2/c1-20(2,3)14-6-7-17(16(21)13-14)22-11-8-15(9-12-22)23-10-4-5-18(23)19(24)25/h6-7,13,15,18H,4-5,8-12H2,1-3H3,(H,24,25)/t18-/m0/s1. The Balaban J connectivity index is 1.65. The quantitative estimate of drug-likeness (QED) is 0.906. The van der Waals surface area contributed by atoms with Crippen molar-refractivity contribution in [1.82, 2.24) is 4.90 Å². The van der Waals surface area contributed by atoms with Gasteiger partial charge in [0, 0.05) is 19.1 Å². The van der Waals surface area contributed by atoms with Crippen molar-refractivity contribution in [3.05, 3.63) is 29.6 Å². The van der Waals surface area contributed by atoms with Gasteiger partial charge in [-0.2, -0.15) is 0 Å². The van der Waals surface area contributed by atoms with Gasteiger partial charge < -0.3 is 10.0 Å². The summed E-state index contributed by atoms with van der Waals surface area (Å²) in [6.45, 7) is 8.68. The van der Waals surface area contributed by atoms with E-state index in [1.54, 1.807) is 6.07 Å². The molecule has 0 spiro atoms. The summed E-state index contributed by atoms with van der Waals surface area (Å²) < 4.78 is 14.6. The van der Waals surface area contributed by atoms with Crippen LogP contribution in [0.2, 0.25) is 0 Å². The highest BCUT2D eigenvalue weighted by molar-refractivity contribution is 5.73. The molecule has 2 aliphatic rings. The Bertz CT molecular complexity index is 633. The smallest absolute Gasteiger partial charge is 0.320 e. The number of likely N-dealkylation sites (tertiary alicyclic amines) is 1. The molecule has 2 heterocycles. The van der Waals surface area contributed by atoms with E-state index in [0.29, 0.717) is 11.7 Å². The average molecular weight is 348 g/mol. The lowest BCUT2D eigenvalue weighted by atomic mass is 9.87. The zero-order valence-electron chi connectivity index (χ0n) is 15.5. The van der Waals surface area contributed by atoms with Gasteiger partial charge in [-0.25, -0.2) is 4.39 Å². The highest BCUT2D eigenvalue weighted by Gasteiger charge is 2.36. The predicted octanol–water partition coefficient (Wildman–Crippen LogP) is 3.64. The molecule has 0 unspecified atom stereocenters. The molecule has 0 saturated carbocycles. The fraction of sp³-hybridized carbons (Fsp3) is 0.650. The van der Waals surface area contributed by atoms with Crippen LogP contribution in [0.4, 0.5) is 10.1 Å². The molecule has 1 aromatic carbocycles. The Hall–Kier alpha value is -1.62. The monoisotopic (exact) mass is 348 g/mol. The van der Waals surface area contributed by atoms with Crippen LogP contribution in [0.5, 0.6) is 0 Å². The molecule has 0 aliphatic carbocycles. The summed E-state index contributed by atoms with van der Waals surface area (Å²) >= 11 is 0. The summed E-state index contributed by atoms with van der Waals surface area (Å²) in [5, 5.41) is 9.37. The summed E-state index contributed by atoms with van der Waals surface area (Å²) in [5.74, 6) is -0.862. The van der Waals surface area contributed by atoms with Gasteiger partial charge in [0.15, 0.2) is 0 Å². The van der Waals surface area contributed by atoms with Gasteiger partial charge in [0.2, 0.25) is 0 Å². The lowest BCUT2D eigenvalue weighted by Gasteiger charge is -2.39. The number of hydrogen-bond acceptors (Lipinski definition) is 3. The molecule has 0 bridgehead atoms. The molecule has 0 radical (unpaired) electrons. The zero-order valence-corrected chi connectivity index (χ0v) is 15.5. The minimum absolute atomic E-state index is 0.0615. The van der Waals surface area contributed by atoms with Crippen LogP contribution >= 0.6 is 0 Å².